The van der Waals surface area contributed by atoms with E-state index < -0.39 is 22.9 Å². The van der Waals surface area contributed by atoms with Crippen LogP contribution >= 0.6 is 11.8 Å². The van der Waals surface area contributed by atoms with Crippen LogP contribution in [0.25, 0.3) is 0 Å². The summed E-state index contributed by atoms with van der Waals surface area (Å²) in [5.41, 5.74) is 1.89. The highest BCUT2D eigenvalue weighted by atomic mass is 32.2. The van der Waals surface area contributed by atoms with Crippen LogP contribution in [0.5, 0.6) is 23.0 Å². The summed E-state index contributed by atoms with van der Waals surface area (Å²) < 4.78 is 11.7. The largest absolute Gasteiger partial charge is 0.508 e. The number of phenolic OH excluding ortho intramolecular Hbond substituents is 1. The molecule has 0 bridgehead atoms. The molecule has 1 atom stereocenters. The van der Waals surface area contributed by atoms with E-state index in [9.17, 15) is 24.3 Å². The third kappa shape index (κ3) is 7.81. The summed E-state index contributed by atoms with van der Waals surface area (Å²) in [6, 6.07) is 14.9. The molecule has 0 radical (unpaired) electrons. The second kappa shape index (κ2) is 12.9. The standard InChI is InChI=1S/C32H35N3O8S/c1-18-15-27(19(2)14-26(18)37)41-23-12-13-24(25(17-23)34(7)31(40)42-32(4,5)6)35(20(3)36)43-22-10-8-21(9-11-22)16-28-29(38)33-30(39)44-28/h8-15,17,28,37H,16H2,1-7H3,(H,33,38,39). The number of imide groups is 1. The number of thioether (sulfide) groups is 1. The Balaban J connectivity index is 1.65. The van der Waals surface area contributed by atoms with Gasteiger partial charge in [-0.15, -0.1) is 5.06 Å². The summed E-state index contributed by atoms with van der Waals surface area (Å²) >= 11 is 0.950. The van der Waals surface area contributed by atoms with Crippen LogP contribution in [-0.4, -0.2) is 46.2 Å². The van der Waals surface area contributed by atoms with Crippen molar-refractivity contribution in [1.82, 2.24) is 5.32 Å². The van der Waals surface area contributed by atoms with Crippen molar-refractivity contribution < 1.29 is 38.6 Å². The molecule has 1 heterocycles. The minimum atomic E-state index is -0.774. The maximum Gasteiger partial charge on any atom is 0.414 e. The molecule has 4 amide bonds. The minimum absolute atomic E-state index is 0.149. The number of nitrogens with one attached hydrogen (secondary N) is 1. The Morgan fingerprint density at radius 2 is 1.61 bits per heavy atom. The van der Waals surface area contributed by atoms with Gasteiger partial charge in [-0.3, -0.25) is 24.6 Å². The van der Waals surface area contributed by atoms with E-state index in [4.69, 9.17) is 14.3 Å². The van der Waals surface area contributed by atoms with E-state index in [0.29, 0.717) is 34.8 Å². The third-order valence-corrected chi connectivity index (χ3v) is 7.49. The lowest BCUT2D eigenvalue weighted by Crippen LogP contribution is -2.37. The Labute approximate surface area is 260 Å². The molecular formula is C32H35N3O8S. The molecule has 0 saturated carbocycles. The first-order chi connectivity index (χ1) is 20.6. The van der Waals surface area contributed by atoms with Crippen molar-refractivity contribution in [1.29, 1.82) is 0 Å². The number of anilines is 2. The van der Waals surface area contributed by atoms with E-state index >= 15 is 0 Å². The van der Waals surface area contributed by atoms with Crippen LogP contribution in [0.1, 0.15) is 44.4 Å². The van der Waals surface area contributed by atoms with Crippen LogP contribution in [0.2, 0.25) is 0 Å². The van der Waals surface area contributed by atoms with Gasteiger partial charge in [0.25, 0.3) is 11.1 Å². The number of amides is 4. The van der Waals surface area contributed by atoms with Crippen molar-refractivity contribution >= 4 is 46.3 Å². The molecule has 44 heavy (non-hydrogen) atoms. The lowest BCUT2D eigenvalue weighted by Gasteiger charge is -2.29. The molecule has 0 spiro atoms. The average Bonchev–Trinajstić information content (AvgIpc) is 3.25. The van der Waals surface area contributed by atoms with E-state index in [1.165, 1.54) is 18.9 Å². The zero-order chi connectivity index (χ0) is 32.3. The highest BCUT2D eigenvalue weighted by Gasteiger charge is 2.31. The van der Waals surface area contributed by atoms with Gasteiger partial charge in [0, 0.05) is 20.0 Å². The van der Waals surface area contributed by atoms with E-state index in [-0.39, 0.29) is 28.3 Å². The van der Waals surface area contributed by atoms with Gasteiger partial charge >= 0.3 is 6.09 Å². The normalized spacial score (nSPS) is 14.6. The highest BCUT2D eigenvalue weighted by Crippen LogP contribution is 2.38. The summed E-state index contributed by atoms with van der Waals surface area (Å²) in [6.07, 6.45) is -0.307. The SMILES string of the molecule is CC(=O)N(Oc1ccc(CC2SC(=O)NC2=O)cc1)c1ccc(Oc2cc(C)c(O)cc2C)cc1N(C)C(=O)OC(C)(C)C. The maximum absolute atomic E-state index is 13.1. The van der Waals surface area contributed by atoms with E-state index in [1.54, 1.807) is 89.2 Å². The number of aromatic hydroxyl groups is 1. The smallest absolute Gasteiger partial charge is 0.414 e. The third-order valence-electron chi connectivity index (χ3n) is 6.51. The molecule has 0 aromatic heterocycles. The first-order valence-electron chi connectivity index (χ1n) is 13.8. The molecule has 3 aromatic rings. The second-order valence-electron chi connectivity index (χ2n) is 11.3. The number of ether oxygens (including phenoxy) is 2. The fraction of sp³-hybridized carbons (Fsp3) is 0.312. The number of hydroxylamine groups is 1. The van der Waals surface area contributed by atoms with E-state index in [2.05, 4.69) is 5.32 Å². The number of phenols is 1. The van der Waals surface area contributed by atoms with Crippen molar-refractivity contribution in [3.05, 3.63) is 71.3 Å². The Bertz CT molecular complexity index is 1600. The van der Waals surface area contributed by atoms with Gasteiger partial charge in [-0.25, -0.2) is 4.79 Å². The summed E-state index contributed by atoms with van der Waals surface area (Å²) in [4.78, 5) is 56.7. The number of rotatable bonds is 8. The average molecular weight is 622 g/mol. The molecular weight excluding hydrogens is 586 g/mol. The molecule has 1 unspecified atom stereocenters. The number of benzene rings is 3. The monoisotopic (exact) mass is 621 g/mol. The second-order valence-corrected chi connectivity index (χ2v) is 12.5. The Morgan fingerprint density at radius 1 is 0.955 bits per heavy atom. The lowest BCUT2D eigenvalue weighted by molar-refractivity contribution is -0.120. The first kappa shape index (κ1) is 32.2. The molecule has 3 aromatic carbocycles. The lowest BCUT2D eigenvalue weighted by atomic mass is 10.1. The molecule has 1 saturated heterocycles. The zero-order valence-corrected chi connectivity index (χ0v) is 26.4. The number of aryl methyl sites for hydroxylation is 2. The van der Waals surface area contributed by atoms with Crippen molar-refractivity contribution in [3.8, 4) is 23.0 Å². The Morgan fingerprint density at radius 3 is 2.20 bits per heavy atom. The minimum Gasteiger partial charge on any atom is -0.508 e. The number of hydrogen-bond donors (Lipinski definition) is 2. The van der Waals surface area contributed by atoms with Gasteiger partial charge in [0.05, 0.1) is 10.9 Å². The first-order valence-corrected chi connectivity index (χ1v) is 14.7. The van der Waals surface area contributed by atoms with Crippen LogP contribution in [0, 0.1) is 13.8 Å². The zero-order valence-electron chi connectivity index (χ0n) is 25.6. The number of nitrogens with zero attached hydrogens (tertiary/aromatic N) is 2. The predicted octanol–water partition coefficient (Wildman–Crippen LogP) is 6.41. The summed E-state index contributed by atoms with van der Waals surface area (Å²) in [7, 11) is 1.52. The molecule has 12 heteroatoms. The topological polar surface area (TPSA) is 135 Å². The fourth-order valence-electron chi connectivity index (χ4n) is 4.26. The number of carbonyl (C=O) groups is 4. The van der Waals surface area contributed by atoms with Gasteiger partial charge in [-0.1, -0.05) is 23.9 Å². The van der Waals surface area contributed by atoms with Crippen molar-refractivity contribution in [2.45, 2.75) is 58.8 Å². The molecule has 2 N–H and O–H groups in total. The van der Waals surface area contributed by atoms with Gasteiger partial charge in [0.15, 0.2) is 5.75 Å². The molecule has 1 fully saturated rings. The van der Waals surface area contributed by atoms with Crippen LogP contribution in [0.4, 0.5) is 21.0 Å². The predicted molar refractivity (Wildman–Crippen MR) is 168 cm³/mol. The summed E-state index contributed by atoms with van der Waals surface area (Å²) in [5, 5.41) is 12.5. The highest BCUT2D eigenvalue weighted by molar-refractivity contribution is 8.15. The number of hydrogen-bond acceptors (Lipinski definition) is 9. The van der Waals surface area contributed by atoms with Gasteiger partial charge < -0.3 is 19.4 Å². The maximum atomic E-state index is 13.1. The van der Waals surface area contributed by atoms with E-state index in [0.717, 1.165) is 22.4 Å². The molecule has 0 aliphatic carbocycles. The van der Waals surface area contributed by atoms with Crippen molar-refractivity contribution in [2.24, 2.45) is 0 Å². The van der Waals surface area contributed by atoms with Gasteiger partial charge in [-0.2, -0.15) is 0 Å². The Hall–Kier alpha value is -4.71. The van der Waals surface area contributed by atoms with Gasteiger partial charge in [0.2, 0.25) is 5.91 Å². The molecule has 1 aliphatic heterocycles. The quantitative estimate of drug-likeness (QED) is 0.274. The van der Waals surface area contributed by atoms with Gasteiger partial charge in [0.1, 0.15) is 28.5 Å². The van der Waals surface area contributed by atoms with Crippen molar-refractivity contribution in [2.75, 3.05) is 17.0 Å². The van der Waals surface area contributed by atoms with E-state index in [1.807, 2.05) is 0 Å². The summed E-state index contributed by atoms with van der Waals surface area (Å²) in [6.45, 7) is 10.1. The molecule has 1 aliphatic rings. The Kier molecular flexibility index (Phi) is 9.43. The van der Waals surface area contributed by atoms with Crippen molar-refractivity contribution in [3.63, 3.8) is 0 Å². The number of carbonyl (C=O) groups excluding carboxylic acids is 4. The van der Waals surface area contributed by atoms with Crippen LogP contribution in [-0.2, 0) is 20.7 Å². The molecule has 4 rings (SSSR count). The summed E-state index contributed by atoms with van der Waals surface area (Å²) in [5.74, 6) is 0.557. The molecule has 11 nitrogen and oxygen atoms in total. The molecule has 232 valence electrons. The van der Waals surface area contributed by atoms with Crippen LogP contribution in [0.15, 0.2) is 54.6 Å². The van der Waals surface area contributed by atoms with Gasteiger partial charge in [-0.05, 0) is 94.1 Å². The fourth-order valence-corrected chi connectivity index (χ4v) is 5.12. The van der Waals surface area contributed by atoms with Crippen LogP contribution in [0.3, 0.4) is 0 Å². The van der Waals surface area contributed by atoms with Crippen LogP contribution < -0.4 is 24.9 Å².